The Bertz CT molecular complexity index is 183. The SMILES string of the molecule is CCCC1CC1NC1CCCC(C)C1.Cl. The Balaban J connectivity index is 0.00000112. The highest BCUT2D eigenvalue weighted by atomic mass is 35.5. The largest absolute Gasteiger partial charge is 0.311 e. The van der Waals surface area contributed by atoms with Crippen LogP contribution in [-0.2, 0) is 0 Å². The van der Waals surface area contributed by atoms with Gasteiger partial charge in [0, 0.05) is 12.1 Å². The lowest BCUT2D eigenvalue weighted by molar-refractivity contribution is 0.296. The first-order valence-corrected chi connectivity index (χ1v) is 6.55. The zero-order chi connectivity index (χ0) is 9.97. The van der Waals surface area contributed by atoms with Crippen molar-refractivity contribution in [3.05, 3.63) is 0 Å². The van der Waals surface area contributed by atoms with E-state index >= 15 is 0 Å². The van der Waals surface area contributed by atoms with Crippen molar-refractivity contribution in [2.75, 3.05) is 0 Å². The molecule has 0 bridgehead atoms. The molecule has 0 radical (unpaired) electrons. The molecule has 1 N–H and O–H groups in total. The summed E-state index contributed by atoms with van der Waals surface area (Å²) in [5.41, 5.74) is 0. The lowest BCUT2D eigenvalue weighted by Crippen LogP contribution is -2.35. The van der Waals surface area contributed by atoms with Gasteiger partial charge < -0.3 is 5.32 Å². The topological polar surface area (TPSA) is 12.0 Å². The Morgan fingerprint density at radius 2 is 2.00 bits per heavy atom. The van der Waals surface area contributed by atoms with Gasteiger partial charge >= 0.3 is 0 Å². The van der Waals surface area contributed by atoms with Crippen molar-refractivity contribution in [1.29, 1.82) is 0 Å². The van der Waals surface area contributed by atoms with Crippen LogP contribution in [0.4, 0.5) is 0 Å². The van der Waals surface area contributed by atoms with Gasteiger partial charge in [0.05, 0.1) is 0 Å². The van der Waals surface area contributed by atoms with Crippen LogP contribution in [0.3, 0.4) is 0 Å². The highest BCUT2D eigenvalue weighted by Crippen LogP contribution is 2.36. The molecule has 2 saturated carbocycles. The molecule has 2 heteroatoms. The van der Waals surface area contributed by atoms with Gasteiger partial charge in [0.2, 0.25) is 0 Å². The molecule has 90 valence electrons. The summed E-state index contributed by atoms with van der Waals surface area (Å²) in [6.45, 7) is 4.71. The third-order valence-corrected chi connectivity index (χ3v) is 3.97. The number of hydrogen-bond acceptors (Lipinski definition) is 1. The summed E-state index contributed by atoms with van der Waals surface area (Å²) in [5.74, 6) is 1.99. The van der Waals surface area contributed by atoms with E-state index in [1.54, 1.807) is 0 Å². The molecule has 2 rings (SSSR count). The quantitative estimate of drug-likeness (QED) is 0.777. The van der Waals surface area contributed by atoms with Crippen molar-refractivity contribution in [3.8, 4) is 0 Å². The normalized spacial score (nSPS) is 39.6. The average molecular weight is 232 g/mol. The maximum Gasteiger partial charge on any atom is 0.0102 e. The molecular formula is C13H26ClN. The van der Waals surface area contributed by atoms with Gasteiger partial charge in [-0.25, -0.2) is 0 Å². The van der Waals surface area contributed by atoms with Crippen molar-refractivity contribution >= 4 is 12.4 Å². The van der Waals surface area contributed by atoms with E-state index < -0.39 is 0 Å². The van der Waals surface area contributed by atoms with Gasteiger partial charge in [-0.3, -0.25) is 0 Å². The molecule has 4 unspecified atom stereocenters. The molecular weight excluding hydrogens is 206 g/mol. The summed E-state index contributed by atoms with van der Waals surface area (Å²) < 4.78 is 0. The van der Waals surface area contributed by atoms with Crippen molar-refractivity contribution < 1.29 is 0 Å². The Hall–Kier alpha value is 0.250. The zero-order valence-electron chi connectivity index (χ0n) is 10.2. The molecule has 0 spiro atoms. The number of hydrogen-bond donors (Lipinski definition) is 1. The number of nitrogens with one attached hydrogen (secondary N) is 1. The molecule has 1 nitrogen and oxygen atoms in total. The summed E-state index contributed by atoms with van der Waals surface area (Å²) in [4.78, 5) is 0. The predicted molar refractivity (Wildman–Crippen MR) is 68.6 cm³/mol. The highest BCUT2D eigenvalue weighted by Gasteiger charge is 2.37. The fraction of sp³-hybridized carbons (Fsp3) is 1.00. The second-order valence-electron chi connectivity index (χ2n) is 5.53. The minimum atomic E-state index is 0. The second kappa shape index (κ2) is 6.10. The summed E-state index contributed by atoms with van der Waals surface area (Å²) in [6, 6.07) is 1.75. The van der Waals surface area contributed by atoms with Gasteiger partial charge in [-0.15, -0.1) is 12.4 Å². The first kappa shape index (κ1) is 13.3. The fourth-order valence-corrected chi connectivity index (χ4v) is 3.03. The van der Waals surface area contributed by atoms with Crippen molar-refractivity contribution in [2.24, 2.45) is 11.8 Å². The first-order valence-electron chi connectivity index (χ1n) is 6.55. The smallest absolute Gasteiger partial charge is 0.0102 e. The van der Waals surface area contributed by atoms with E-state index in [9.17, 15) is 0 Å². The van der Waals surface area contributed by atoms with Crippen LogP contribution in [0, 0.1) is 11.8 Å². The molecule has 0 aromatic carbocycles. The molecule has 0 aliphatic heterocycles. The lowest BCUT2D eigenvalue weighted by Gasteiger charge is -2.27. The second-order valence-corrected chi connectivity index (χ2v) is 5.53. The molecule has 15 heavy (non-hydrogen) atoms. The maximum atomic E-state index is 3.86. The van der Waals surface area contributed by atoms with Gasteiger partial charge in [0.15, 0.2) is 0 Å². The van der Waals surface area contributed by atoms with Gasteiger partial charge in [-0.1, -0.05) is 33.1 Å². The Kier molecular flexibility index (Phi) is 5.42. The molecule has 2 aliphatic rings. The minimum absolute atomic E-state index is 0. The van der Waals surface area contributed by atoms with Crippen molar-refractivity contribution in [1.82, 2.24) is 5.32 Å². The fourth-order valence-electron chi connectivity index (χ4n) is 3.03. The maximum absolute atomic E-state index is 3.86. The van der Waals surface area contributed by atoms with Gasteiger partial charge in [-0.2, -0.15) is 0 Å². The lowest BCUT2D eigenvalue weighted by atomic mass is 9.87. The van der Waals surface area contributed by atoms with Crippen LogP contribution in [0.2, 0.25) is 0 Å². The summed E-state index contributed by atoms with van der Waals surface area (Å²) in [5, 5.41) is 3.86. The predicted octanol–water partition coefficient (Wildman–Crippen LogP) is 3.77. The van der Waals surface area contributed by atoms with Crippen molar-refractivity contribution in [2.45, 2.75) is 70.9 Å². The molecule has 0 amide bonds. The number of rotatable bonds is 4. The van der Waals surface area contributed by atoms with Crippen LogP contribution in [0.1, 0.15) is 58.8 Å². The van der Waals surface area contributed by atoms with Gasteiger partial charge in [0.1, 0.15) is 0 Å². The van der Waals surface area contributed by atoms with E-state index in [-0.39, 0.29) is 12.4 Å². The van der Waals surface area contributed by atoms with E-state index in [0.717, 1.165) is 23.9 Å². The van der Waals surface area contributed by atoms with Gasteiger partial charge in [-0.05, 0) is 37.5 Å². The summed E-state index contributed by atoms with van der Waals surface area (Å²) >= 11 is 0. The van der Waals surface area contributed by atoms with E-state index in [0.29, 0.717) is 0 Å². The van der Waals surface area contributed by atoms with E-state index in [2.05, 4.69) is 19.2 Å². The molecule has 2 fully saturated rings. The van der Waals surface area contributed by atoms with Crippen molar-refractivity contribution in [3.63, 3.8) is 0 Å². The molecule has 2 aliphatic carbocycles. The minimum Gasteiger partial charge on any atom is -0.311 e. The van der Waals surface area contributed by atoms with Crippen LogP contribution in [-0.4, -0.2) is 12.1 Å². The van der Waals surface area contributed by atoms with Crippen LogP contribution >= 0.6 is 12.4 Å². The molecule has 0 aromatic heterocycles. The first-order chi connectivity index (χ1) is 6.79. The molecule has 0 heterocycles. The highest BCUT2D eigenvalue weighted by molar-refractivity contribution is 5.85. The Morgan fingerprint density at radius 3 is 2.67 bits per heavy atom. The molecule has 0 saturated heterocycles. The third-order valence-electron chi connectivity index (χ3n) is 3.97. The van der Waals surface area contributed by atoms with E-state index in [4.69, 9.17) is 0 Å². The standard InChI is InChI=1S/C13H25N.ClH/c1-3-5-11-9-13(11)14-12-7-4-6-10(2)8-12;/h10-14H,3-9H2,1-2H3;1H. The average Bonchev–Trinajstić information content (AvgIpc) is 2.84. The van der Waals surface area contributed by atoms with E-state index in [1.165, 1.54) is 44.9 Å². The van der Waals surface area contributed by atoms with Crippen LogP contribution in [0.15, 0.2) is 0 Å². The van der Waals surface area contributed by atoms with E-state index in [1.807, 2.05) is 0 Å². The summed E-state index contributed by atoms with van der Waals surface area (Å²) in [7, 11) is 0. The van der Waals surface area contributed by atoms with Gasteiger partial charge in [0.25, 0.3) is 0 Å². The Morgan fingerprint density at radius 1 is 1.20 bits per heavy atom. The Labute approximate surface area is 101 Å². The number of halogens is 1. The van der Waals surface area contributed by atoms with Crippen LogP contribution in [0.25, 0.3) is 0 Å². The monoisotopic (exact) mass is 231 g/mol. The molecule has 4 atom stereocenters. The van der Waals surface area contributed by atoms with Crippen LogP contribution < -0.4 is 5.32 Å². The summed E-state index contributed by atoms with van der Waals surface area (Å²) in [6.07, 6.45) is 10.0. The van der Waals surface area contributed by atoms with Crippen LogP contribution in [0.5, 0.6) is 0 Å². The zero-order valence-corrected chi connectivity index (χ0v) is 11.0. The molecule has 0 aromatic rings. The third kappa shape index (κ3) is 3.96.